The van der Waals surface area contributed by atoms with Gasteiger partial charge in [-0.15, -0.1) is 0 Å². The van der Waals surface area contributed by atoms with E-state index in [2.05, 4.69) is 15.3 Å². The lowest BCUT2D eigenvalue weighted by Crippen LogP contribution is -2.36. The van der Waals surface area contributed by atoms with E-state index in [1.54, 1.807) is 4.57 Å². The number of nitrogens with zero attached hydrogens (tertiary/aromatic N) is 3. The summed E-state index contributed by atoms with van der Waals surface area (Å²) in [5.74, 6) is -0.174. The summed E-state index contributed by atoms with van der Waals surface area (Å²) in [5, 5.41) is 13.3. The smallest absolute Gasteiger partial charge is 0.389 e. The second kappa shape index (κ2) is 7.02. The summed E-state index contributed by atoms with van der Waals surface area (Å²) in [6.07, 6.45) is 1.96. The number of fused-ring (bicyclic) bond motifs is 1. The molecular weight excluding hydrogens is 373 g/mol. The van der Waals surface area contributed by atoms with E-state index in [0.717, 1.165) is 44.6 Å². The molecule has 2 aromatic rings. The van der Waals surface area contributed by atoms with Gasteiger partial charge in [-0.1, -0.05) is 19.3 Å². The van der Waals surface area contributed by atoms with Gasteiger partial charge in [-0.3, -0.25) is 14.7 Å². The first-order valence-corrected chi connectivity index (χ1v) is 9.74. The molecule has 0 spiro atoms. The van der Waals surface area contributed by atoms with E-state index in [1.165, 1.54) is 6.07 Å². The fraction of sp³-hybridized carbons (Fsp3) is 0.632. The number of carbonyl (C=O) groups excluding carboxylic acids is 1. The Hall–Kier alpha value is -2.16. The molecular formula is C19H23F3N4O2. The number of anilines is 1. The molecule has 2 fully saturated rings. The van der Waals surface area contributed by atoms with Gasteiger partial charge >= 0.3 is 6.18 Å². The van der Waals surface area contributed by atoms with Gasteiger partial charge in [-0.2, -0.15) is 13.2 Å². The molecule has 152 valence electrons. The van der Waals surface area contributed by atoms with Crippen LogP contribution in [0.25, 0.3) is 11.2 Å². The third kappa shape index (κ3) is 3.72. The van der Waals surface area contributed by atoms with Crippen LogP contribution in [0.5, 0.6) is 0 Å². The van der Waals surface area contributed by atoms with Gasteiger partial charge in [0.15, 0.2) is 5.65 Å². The summed E-state index contributed by atoms with van der Waals surface area (Å²) in [6.45, 7) is 0. The number of alkyl halides is 3. The van der Waals surface area contributed by atoms with Gasteiger partial charge in [-0.25, -0.2) is 9.97 Å². The van der Waals surface area contributed by atoms with Crippen LogP contribution in [0.1, 0.15) is 69.5 Å². The van der Waals surface area contributed by atoms with E-state index < -0.39 is 17.5 Å². The van der Waals surface area contributed by atoms with Crippen molar-refractivity contribution in [2.45, 2.75) is 75.6 Å². The predicted octanol–water partition coefficient (Wildman–Crippen LogP) is 4.20. The van der Waals surface area contributed by atoms with E-state index >= 15 is 0 Å². The van der Waals surface area contributed by atoms with Crippen LogP contribution in [0.2, 0.25) is 0 Å². The third-order valence-electron chi connectivity index (χ3n) is 5.79. The van der Waals surface area contributed by atoms with E-state index in [1.807, 2.05) is 0 Å². The summed E-state index contributed by atoms with van der Waals surface area (Å²) in [5.41, 5.74) is -1.55. The van der Waals surface area contributed by atoms with Gasteiger partial charge in [0.1, 0.15) is 11.2 Å². The van der Waals surface area contributed by atoms with Crippen molar-refractivity contribution in [1.82, 2.24) is 14.5 Å². The number of hydrogen-bond donors (Lipinski definition) is 2. The molecule has 0 saturated heterocycles. The summed E-state index contributed by atoms with van der Waals surface area (Å²) >= 11 is 0. The predicted molar refractivity (Wildman–Crippen MR) is 96.7 cm³/mol. The highest BCUT2D eigenvalue weighted by molar-refractivity contribution is 5.91. The maximum Gasteiger partial charge on any atom is 0.433 e. The van der Waals surface area contributed by atoms with Gasteiger partial charge in [0.2, 0.25) is 11.9 Å². The largest absolute Gasteiger partial charge is 0.433 e. The summed E-state index contributed by atoms with van der Waals surface area (Å²) in [4.78, 5) is 20.6. The number of hydrogen-bond acceptors (Lipinski definition) is 4. The minimum Gasteiger partial charge on any atom is -0.389 e. The fourth-order valence-corrected chi connectivity index (χ4v) is 4.07. The molecule has 9 heteroatoms. The fourth-order valence-electron chi connectivity index (χ4n) is 4.07. The monoisotopic (exact) mass is 396 g/mol. The van der Waals surface area contributed by atoms with Crippen molar-refractivity contribution in [3.63, 3.8) is 0 Å². The minimum absolute atomic E-state index is 0.0333. The normalized spacial score (nSPS) is 20.1. The van der Waals surface area contributed by atoms with Crippen LogP contribution in [0.3, 0.4) is 0 Å². The number of nitrogens with one attached hydrogen (secondary N) is 1. The Labute approximate surface area is 160 Å². The molecule has 2 saturated carbocycles. The average Bonchev–Trinajstić information content (AvgIpc) is 2.90. The highest BCUT2D eigenvalue weighted by Crippen LogP contribution is 2.38. The Morgan fingerprint density at radius 2 is 1.89 bits per heavy atom. The molecule has 2 heterocycles. The zero-order chi connectivity index (χ0) is 19.9. The van der Waals surface area contributed by atoms with Crippen molar-refractivity contribution in [2.75, 3.05) is 5.32 Å². The van der Waals surface area contributed by atoms with Crippen LogP contribution in [0, 0.1) is 0 Å². The Bertz CT molecular complexity index is 883. The molecule has 0 aromatic carbocycles. The van der Waals surface area contributed by atoms with Crippen LogP contribution in [-0.4, -0.2) is 31.1 Å². The molecule has 28 heavy (non-hydrogen) atoms. The number of aromatic nitrogens is 3. The Morgan fingerprint density at radius 3 is 2.50 bits per heavy atom. The number of halogens is 3. The van der Waals surface area contributed by atoms with Gasteiger partial charge < -0.3 is 5.11 Å². The maximum atomic E-state index is 13.1. The number of carbonyl (C=O) groups is 1. The second-order valence-corrected chi connectivity index (χ2v) is 7.94. The molecule has 2 aliphatic rings. The molecule has 1 amide bonds. The zero-order valence-corrected chi connectivity index (χ0v) is 15.4. The summed E-state index contributed by atoms with van der Waals surface area (Å²) in [6, 6.07) is 2.15. The van der Waals surface area contributed by atoms with Crippen molar-refractivity contribution >= 4 is 23.0 Å². The van der Waals surface area contributed by atoms with Crippen molar-refractivity contribution in [2.24, 2.45) is 0 Å². The zero-order valence-electron chi connectivity index (χ0n) is 15.4. The number of rotatable bonds is 4. The minimum atomic E-state index is -4.55. The van der Waals surface area contributed by atoms with E-state index in [9.17, 15) is 23.1 Å². The first kappa shape index (κ1) is 19.2. The topological polar surface area (TPSA) is 80.0 Å². The van der Waals surface area contributed by atoms with E-state index in [4.69, 9.17) is 0 Å². The molecule has 4 rings (SSSR count). The lowest BCUT2D eigenvalue weighted by molar-refractivity contribution is -0.141. The highest BCUT2D eigenvalue weighted by Gasteiger charge is 2.35. The first-order valence-electron chi connectivity index (χ1n) is 9.74. The summed E-state index contributed by atoms with van der Waals surface area (Å²) < 4.78 is 40.8. The lowest BCUT2D eigenvalue weighted by Gasteiger charge is -2.32. The Kier molecular flexibility index (Phi) is 4.81. The maximum absolute atomic E-state index is 13.1. The first-order chi connectivity index (χ1) is 13.3. The number of aliphatic hydroxyl groups is 1. The van der Waals surface area contributed by atoms with Crippen LogP contribution < -0.4 is 5.32 Å². The number of imidazole rings is 1. The van der Waals surface area contributed by atoms with E-state index in [-0.39, 0.29) is 30.0 Å². The molecule has 0 atom stereocenters. The van der Waals surface area contributed by atoms with Gasteiger partial charge in [0, 0.05) is 6.04 Å². The standard InChI is InChI=1S/C19H23F3N4O2/c20-19(21,22)14-8-7-13-16(24-14)26(12-5-4-6-12)17(23-13)25-15(27)11-18(28)9-2-1-3-10-18/h7-8,12,28H,1-6,9-11H2,(H,23,25,27). The molecule has 0 bridgehead atoms. The third-order valence-corrected chi connectivity index (χ3v) is 5.79. The average molecular weight is 396 g/mol. The molecule has 0 aliphatic heterocycles. The number of pyridine rings is 1. The molecule has 2 aromatic heterocycles. The van der Waals surface area contributed by atoms with Crippen molar-refractivity contribution < 1.29 is 23.1 Å². The van der Waals surface area contributed by atoms with Crippen LogP contribution in [0.15, 0.2) is 12.1 Å². The van der Waals surface area contributed by atoms with Gasteiger partial charge in [-0.05, 0) is 44.2 Å². The van der Waals surface area contributed by atoms with Crippen molar-refractivity contribution in [3.8, 4) is 0 Å². The van der Waals surface area contributed by atoms with E-state index in [0.29, 0.717) is 18.4 Å². The Balaban J connectivity index is 1.63. The Morgan fingerprint density at radius 1 is 1.18 bits per heavy atom. The van der Waals surface area contributed by atoms with Gasteiger partial charge in [0.05, 0.1) is 12.0 Å². The van der Waals surface area contributed by atoms with Crippen LogP contribution in [-0.2, 0) is 11.0 Å². The lowest BCUT2D eigenvalue weighted by atomic mass is 9.82. The molecule has 0 unspecified atom stereocenters. The molecule has 0 radical (unpaired) electrons. The van der Waals surface area contributed by atoms with Crippen LogP contribution in [0.4, 0.5) is 19.1 Å². The van der Waals surface area contributed by atoms with Crippen molar-refractivity contribution in [1.29, 1.82) is 0 Å². The van der Waals surface area contributed by atoms with Crippen molar-refractivity contribution in [3.05, 3.63) is 17.8 Å². The summed E-state index contributed by atoms with van der Waals surface area (Å²) in [7, 11) is 0. The SMILES string of the molecule is O=C(CC1(O)CCCCC1)Nc1nc2ccc(C(F)(F)F)nc2n1C1CCC1. The van der Waals surface area contributed by atoms with Gasteiger partial charge in [0.25, 0.3) is 0 Å². The van der Waals surface area contributed by atoms with Crippen LogP contribution >= 0.6 is 0 Å². The molecule has 2 aliphatic carbocycles. The molecule has 2 N–H and O–H groups in total. The number of amides is 1. The quantitative estimate of drug-likeness (QED) is 0.812. The highest BCUT2D eigenvalue weighted by atomic mass is 19.4. The second-order valence-electron chi connectivity index (χ2n) is 7.94. The molecule has 6 nitrogen and oxygen atoms in total.